The summed E-state index contributed by atoms with van der Waals surface area (Å²) < 4.78 is 0. The first-order chi connectivity index (χ1) is 5.29. The molecule has 0 unspecified atom stereocenters. The molecule has 1 aliphatic rings. The van der Waals surface area contributed by atoms with Crippen LogP contribution in [0, 0.1) is 0 Å². The van der Waals surface area contributed by atoms with Gasteiger partial charge in [0, 0.05) is 0 Å². The number of hydrogen-bond acceptors (Lipinski definition) is 5. The highest BCUT2D eigenvalue weighted by molar-refractivity contribution is 5.85. The highest BCUT2D eigenvalue weighted by atomic mass is 15.5. The monoisotopic (exact) mass is 154 g/mol. The molecular formula is C3H6N8. The third-order valence-electron chi connectivity index (χ3n) is 0.756. The minimum absolute atomic E-state index is 0.152. The van der Waals surface area contributed by atoms with Gasteiger partial charge in [-0.25, -0.2) is 0 Å². The van der Waals surface area contributed by atoms with E-state index in [1.165, 1.54) is 0 Å². The van der Waals surface area contributed by atoms with E-state index in [4.69, 9.17) is 11.5 Å². The van der Waals surface area contributed by atoms with Crippen LogP contribution >= 0.6 is 0 Å². The lowest BCUT2D eigenvalue weighted by molar-refractivity contribution is 1.05. The van der Waals surface area contributed by atoms with E-state index in [1.807, 2.05) is 0 Å². The molecule has 0 aromatic carbocycles. The van der Waals surface area contributed by atoms with Gasteiger partial charge in [-0.05, 0) is 10.4 Å². The van der Waals surface area contributed by atoms with Gasteiger partial charge >= 0.3 is 0 Å². The summed E-state index contributed by atoms with van der Waals surface area (Å²) in [6.45, 7) is 0.323. The van der Waals surface area contributed by atoms with Crippen molar-refractivity contribution >= 4 is 11.8 Å². The Hall–Kier alpha value is -1.86. The van der Waals surface area contributed by atoms with Crippen molar-refractivity contribution in [2.24, 2.45) is 42.3 Å². The molecular weight excluding hydrogens is 148 g/mol. The van der Waals surface area contributed by atoms with Crippen LogP contribution in [0.1, 0.15) is 0 Å². The average molecular weight is 154 g/mol. The molecule has 1 rings (SSSR count). The SMILES string of the molecule is NC(N)=NN=NC1=NN=NC1. The molecule has 58 valence electrons. The second-order valence-corrected chi connectivity index (χ2v) is 1.62. The molecule has 0 bridgehead atoms. The summed E-state index contributed by atoms with van der Waals surface area (Å²) in [5.41, 5.74) is 9.93. The Morgan fingerprint density at radius 3 is 2.82 bits per heavy atom. The van der Waals surface area contributed by atoms with E-state index in [-0.39, 0.29) is 5.96 Å². The number of hydrogen-bond donors (Lipinski definition) is 2. The van der Waals surface area contributed by atoms with Gasteiger partial charge < -0.3 is 11.5 Å². The van der Waals surface area contributed by atoms with Crippen molar-refractivity contribution in [1.82, 2.24) is 0 Å². The molecule has 0 aromatic heterocycles. The average Bonchev–Trinajstić information content (AvgIpc) is 2.39. The lowest BCUT2D eigenvalue weighted by Gasteiger charge is -1.82. The zero-order valence-corrected chi connectivity index (χ0v) is 5.55. The molecule has 0 radical (unpaired) electrons. The molecule has 0 saturated carbocycles. The second-order valence-electron chi connectivity index (χ2n) is 1.62. The molecule has 4 N–H and O–H groups in total. The Balaban J connectivity index is 2.43. The van der Waals surface area contributed by atoms with Gasteiger partial charge in [-0.2, -0.15) is 5.11 Å². The van der Waals surface area contributed by atoms with E-state index in [2.05, 4.69) is 30.9 Å². The van der Waals surface area contributed by atoms with Gasteiger partial charge in [-0.1, -0.05) is 5.10 Å². The number of amidine groups is 1. The van der Waals surface area contributed by atoms with Crippen LogP contribution in [0.5, 0.6) is 0 Å². The maximum Gasteiger partial charge on any atom is 0.213 e. The highest BCUT2D eigenvalue weighted by Gasteiger charge is 1.99. The molecule has 0 atom stereocenters. The van der Waals surface area contributed by atoms with Crippen LogP contribution in [0.25, 0.3) is 0 Å². The first-order valence-electron chi connectivity index (χ1n) is 2.72. The fourth-order valence-corrected chi connectivity index (χ4v) is 0.387. The Morgan fingerprint density at radius 1 is 1.45 bits per heavy atom. The standard InChI is InChI=1S/C3H6N8/c4-3(5)9-11-8-2-1-6-10-7-2/h1H2,(H4,4,5,6,7,8,9). The predicted octanol–water partition coefficient (Wildman–Crippen LogP) is -0.594. The minimum Gasteiger partial charge on any atom is -0.368 e. The van der Waals surface area contributed by atoms with E-state index >= 15 is 0 Å². The maximum atomic E-state index is 4.96. The number of guanidine groups is 1. The van der Waals surface area contributed by atoms with Crippen molar-refractivity contribution in [3.05, 3.63) is 0 Å². The fraction of sp³-hybridized carbons (Fsp3) is 0.333. The molecule has 0 aromatic rings. The third-order valence-corrected chi connectivity index (χ3v) is 0.756. The van der Waals surface area contributed by atoms with Gasteiger partial charge in [0.15, 0.2) is 5.84 Å². The van der Waals surface area contributed by atoms with Crippen molar-refractivity contribution in [2.75, 3.05) is 6.54 Å². The molecule has 0 amide bonds. The normalized spacial score (nSPS) is 15.5. The molecule has 0 spiro atoms. The summed E-state index contributed by atoms with van der Waals surface area (Å²) in [6, 6.07) is 0. The van der Waals surface area contributed by atoms with Crippen LogP contribution in [0.4, 0.5) is 0 Å². The lowest BCUT2D eigenvalue weighted by atomic mass is 10.6. The van der Waals surface area contributed by atoms with Gasteiger partial charge in [0.05, 0.1) is 0 Å². The molecule has 0 fully saturated rings. The van der Waals surface area contributed by atoms with Crippen LogP contribution < -0.4 is 11.5 Å². The van der Waals surface area contributed by atoms with E-state index in [9.17, 15) is 0 Å². The van der Waals surface area contributed by atoms with Gasteiger partial charge in [-0.3, -0.25) is 0 Å². The van der Waals surface area contributed by atoms with E-state index in [0.29, 0.717) is 12.4 Å². The highest BCUT2D eigenvalue weighted by Crippen LogP contribution is 1.95. The van der Waals surface area contributed by atoms with Crippen LogP contribution in [0.3, 0.4) is 0 Å². The van der Waals surface area contributed by atoms with Crippen molar-refractivity contribution in [1.29, 1.82) is 0 Å². The zero-order chi connectivity index (χ0) is 8.10. The molecule has 1 aliphatic heterocycles. The first-order valence-corrected chi connectivity index (χ1v) is 2.72. The quantitative estimate of drug-likeness (QED) is 0.226. The predicted molar refractivity (Wildman–Crippen MR) is 37.8 cm³/mol. The van der Waals surface area contributed by atoms with Gasteiger partial charge in [0.2, 0.25) is 5.96 Å². The summed E-state index contributed by atoms with van der Waals surface area (Å²) in [7, 11) is 0. The number of rotatable bonds is 1. The van der Waals surface area contributed by atoms with E-state index in [0.717, 1.165) is 0 Å². The molecule has 8 nitrogen and oxygen atoms in total. The molecule has 1 heterocycles. The Kier molecular flexibility index (Phi) is 2.20. The van der Waals surface area contributed by atoms with Crippen LogP contribution in [-0.4, -0.2) is 18.3 Å². The van der Waals surface area contributed by atoms with Gasteiger partial charge in [-0.15, -0.1) is 10.2 Å². The molecule has 0 aliphatic carbocycles. The lowest BCUT2D eigenvalue weighted by Crippen LogP contribution is -2.21. The second kappa shape index (κ2) is 3.34. The van der Waals surface area contributed by atoms with Crippen LogP contribution in [0.2, 0.25) is 0 Å². The number of nitrogens with two attached hydrogens (primary N) is 2. The summed E-state index contributed by atoms with van der Waals surface area (Å²) in [5.74, 6) is 0.233. The summed E-state index contributed by atoms with van der Waals surface area (Å²) in [6.07, 6.45) is 0. The number of nitrogens with zero attached hydrogens (tertiary/aromatic N) is 6. The van der Waals surface area contributed by atoms with Crippen molar-refractivity contribution < 1.29 is 0 Å². The van der Waals surface area contributed by atoms with Gasteiger partial charge in [0.25, 0.3) is 0 Å². The Labute approximate surface area is 61.8 Å². The fourth-order valence-electron chi connectivity index (χ4n) is 0.387. The van der Waals surface area contributed by atoms with Crippen LogP contribution in [0.15, 0.2) is 30.9 Å². The topological polar surface area (TPSA) is 126 Å². The van der Waals surface area contributed by atoms with Crippen molar-refractivity contribution in [3.63, 3.8) is 0 Å². The van der Waals surface area contributed by atoms with Crippen molar-refractivity contribution in [3.8, 4) is 0 Å². The molecule has 11 heavy (non-hydrogen) atoms. The van der Waals surface area contributed by atoms with Crippen molar-refractivity contribution in [2.45, 2.75) is 0 Å². The smallest absolute Gasteiger partial charge is 0.213 e. The summed E-state index contributed by atoms with van der Waals surface area (Å²) >= 11 is 0. The Morgan fingerprint density at radius 2 is 2.27 bits per heavy atom. The minimum atomic E-state index is -0.152. The van der Waals surface area contributed by atoms with E-state index in [1.54, 1.807) is 0 Å². The molecule has 0 saturated heterocycles. The summed E-state index contributed by atoms with van der Waals surface area (Å²) in [5, 5.41) is 20.3. The molecule has 8 heteroatoms. The Bertz CT molecular complexity index is 242. The summed E-state index contributed by atoms with van der Waals surface area (Å²) in [4.78, 5) is 0. The third kappa shape index (κ3) is 2.47. The van der Waals surface area contributed by atoms with E-state index < -0.39 is 0 Å². The zero-order valence-electron chi connectivity index (χ0n) is 5.55. The van der Waals surface area contributed by atoms with Gasteiger partial charge in [0.1, 0.15) is 6.54 Å². The van der Waals surface area contributed by atoms with Crippen LogP contribution in [-0.2, 0) is 0 Å². The maximum absolute atomic E-state index is 4.96. The largest absolute Gasteiger partial charge is 0.368 e. The first kappa shape index (κ1) is 7.25.